The van der Waals surface area contributed by atoms with Gasteiger partial charge in [0.25, 0.3) is 0 Å². The molecule has 1 aromatic rings. The van der Waals surface area contributed by atoms with Crippen LogP contribution < -0.4 is 5.32 Å². The van der Waals surface area contributed by atoms with Crippen LogP contribution in [0.2, 0.25) is 0 Å². The normalized spacial score (nSPS) is 22.1. The molecule has 1 N–H and O–H groups in total. The zero-order valence-corrected chi connectivity index (χ0v) is 8.28. The monoisotopic (exact) mass is 192 g/mol. The van der Waals surface area contributed by atoms with E-state index in [-0.39, 0.29) is 0 Å². The fraction of sp³-hybridized carbons (Fsp3) is 0.545. The molecule has 1 unspecified atom stereocenters. The summed E-state index contributed by atoms with van der Waals surface area (Å²) in [7, 11) is 0. The molecular formula is C11H16N2O. The standard InChI is InChI=1S/C11H16N2O/c1-2-6-12-10(4-1)8-13-11-5-3-7-14-9-11/h1-2,4,6,11,13H,3,5,7-9H2. The molecular weight excluding hydrogens is 176 g/mol. The Labute approximate surface area is 84.5 Å². The zero-order chi connectivity index (χ0) is 9.64. The van der Waals surface area contributed by atoms with Gasteiger partial charge in [0.05, 0.1) is 12.3 Å². The minimum atomic E-state index is 0.505. The second kappa shape index (κ2) is 5.08. The molecule has 0 aliphatic carbocycles. The highest BCUT2D eigenvalue weighted by Crippen LogP contribution is 2.06. The van der Waals surface area contributed by atoms with Crippen LogP contribution in [0.3, 0.4) is 0 Å². The largest absolute Gasteiger partial charge is 0.380 e. The maximum Gasteiger partial charge on any atom is 0.0619 e. The summed E-state index contributed by atoms with van der Waals surface area (Å²) >= 11 is 0. The van der Waals surface area contributed by atoms with Gasteiger partial charge in [0.1, 0.15) is 0 Å². The summed E-state index contributed by atoms with van der Waals surface area (Å²) in [5, 5.41) is 3.45. The fourth-order valence-corrected chi connectivity index (χ4v) is 1.65. The number of nitrogens with one attached hydrogen (secondary N) is 1. The Kier molecular flexibility index (Phi) is 3.49. The molecule has 3 heteroatoms. The second-order valence-electron chi connectivity index (χ2n) is 3.62. The van der Waals surface area contributed by atoms with Crippen LogP contribution in [0.1, 0.15) is 18.5 Å². The van der Waals surface area contributed by atoms with Gasteiger partial charge >= 0.3 is 0 Å². The molecule has 1 saturated heterocycles. The Bertz CT molecular complexity index is 257. The first-order chi connectivity index (χ1) is 6.95. The van der Waals surface area contributed by atoms with Gasteiger partial charge in [-0.2, -0.15) is 0 Å². The maximum atomic E-state index is 5.39. The second-order valence-corrected chi connectivity index (χ2v) is 3.62. The predicted octanol–water partition coefficient (Wildman–Crippen LogP) is 1.35. The quantitative estimate of drug-likeness (QED) is 0.785. The third-order valence-electron chi connectivity index (χ3n) is 2.46. The van der Waals surface area contributed by atoms with E-state index in [1.807, 2.05) is 24.4 Å². The van der Waals surface area contributed by atoms with Gasteiger partial charge in [-0.05, 0) is 25.0 Å². The minimum Gasteiger partial charge on any atom is -0.380 e. The summed E-state index contributed by atoms with van der Waals surface area (Å²) < 4.78 is 5.39. The Morgan fingerprint density at radius 3 is 3.21 bits per heavy atom. The number of hydrogen-bond acceptors (Lipinski definition) is 3. The highest BCUT2D eigenvalue weighted by atomic mass is 16.5. The Balaban J connectivity index is 1.76. The van der Waals surface area contributed by atoms with Crippen LogP contribution in [0.25, 0.3) is 0 Å². The van der Waals surface area contributed by atoms with Crippen molar-refractivity contribution >= 4 is 0 Å². The molecule has 1 atom stereocenters. The van der Waals surface area contributed by atoms with Gasteiger partial charge in [-0.1, -0.05) is 6.07 Å². The van der Waals surface area contributed by atoms with E-state index in [9.17, 15) is 0 Å². The van der Waals surface area contributed by atoms with Crippen molar-refractivity contribution in [3.05, 3.63) is 30.1 Å². The average molecular weight is 192 g/mol. The highest BCUT2D eigenvalue weighted by molar-refractivity contribution is 5.03. The number of pyridine rings is 1. The summed E-state index contributed by atoms with van der Waals surface area (Å²) in [6.45, 7) is 2.60. The number of ether oxygens (including phenoxy) is 1. The highest BCUT2D eigenvalue weighted by Gasteiger charge is 2.12. The van der Waals surface area contributed by atoms with Crippen LogP contribution in [0.15, 0.2) is 24.4 Å². The predicted molar refractivity (Wildman–Crippen MR) is 54.9 cm³/mol. The van der Waals surface area contributed by atoms with E-state index >= 15 is 0 Å². The molecule has 1 fully saturated rings. The summed E-state index contributed by atoms with van der Waals surface area (Å²) in [5.74, 6) is 0. The maximum absolute atomic E-state index is 5.39. The van der Waals surface area contributed by atoms with Gasteiger partial charge in [0.15, 0.2) is 0 Å². The number of aromatic nitrogens is 1. The third kappa shape index (κ3) is 2.79. The third-order valence-corrected chi connectivity index (χ3v) is 2.46. The van der Waals surface area contributed by atoms with Crippen molar-refractivity contribution < 1.29 is 4.74 Å². The van der Waals surface area contributed by atoms with E-state index in [1.165, 1.54) is 12.8 Å². The van der Waals surface area contributed by atoms with Crippen LogP contribution in [0.4, 0.5) is 0 Å². The van der Waals surface area contributed by atoms with Crippen molar-refractivity contribution in [3.8, 4) is 0 Å². The summed E-state index contributed by atoms with van der Waals surface area (Å²) in [6.07, 6.45) is 4.21. The number of rotatable bonds is 3. The first kappa shape index (κ1) is 9.62. The van der Waals surface area contributed by atoms with E-state index in [0.29, 0.717) is 6.04 Å². The molecule has 0 radical (unpaired) electrons. The lowest BCUT2D eigenvalue weighted by molar-refractivity contribution is 0.0698. The van der Waals surface area contributed by atoms with E-state index in [1.54, 1.807) is 0 Å². The molecule has 1 aliphatic rings. The molecule has 0 aromatic carbocycles. The molecule has 2 rings (SSSR count). The van der Waals surface area contributed by atoms with Crippen LogP contribution in [-0.4, -0.2) is 24.2 Å². The van der Waals surface area contributed by atoms with Gasteiger partial charge in [-0.3, -0.25) is 4.98 Å². The van der Waals surface area contributed by atoms with E-state index < -0.39 is 0 Å². The first-order valence-electron chi connectivity index (χ1n) is 5.16. The van der Waals surface area contributed by atoms with Crippen molar-refractivity contribution in [1.82, 2.24) is 10.3 Å². The molecule has 2 heterocycles. The fourth-order valence-electron chi connectivity index (χ4n) is 1.65. The van der Waals surface area contributed by atoms with Crippen molar-refractivity contribution in [2.75, 3.05) is 13.2 Å². The molecule has 76 valence electrons. The SMILES string of the molecule is c1ccc(CNC2CCCOC2)nc1. The number of nitrogens with zero attached hydrogens (tertiary/aromatic N) is 1. The van der Waals surface area contributed by atoms with Gasteiger partial charge in [-0.15, -0.1) is 0 Å². The summed E-state index contributed by atoms with van der Waals surface area (Å²) in [4.78, 5) is 4.26. The average Bonchev–Trinajstić information content (AvgIpc) is 2.29. The molecule has 0 spiro atoms. The lowest BCUT2D eigenvalue weighted by Crippen LogP contribution is -2.36. The molecule has 1 aromatic heterocycles. The van der Waals surface area contributed by atoms with E-state index in [4.69, 9.17) is 4.74 Å². The smallest absolute Gasteiger partial charge is 0.0619 e. The van der Waals surface area contributed by atoms with Gasteiger partial charge < -0.3 is 10.1 Å². The topological polar surface area (TPSA) is 34.1 Å². The van der Waals surface area contributed by atoms with E-state index in [2.05, 4.69) is 10.3 Å². The number of hydrogen-bond donors (Lipinski definition) is 1. The summed E-state index contributed by atoms with van der Waals surface area (Å²) in [6, 6.07) is 6.50. The lowest BCUT2D eigenvalue weighted by atomic mass is 10.1. The van der Waals surface area contributed by atoms with Crippen LogP contribution in [0.5, 0.6) is 0 Å². The van der Waals surface area contributed by atoms with Crippen molar-refractivity contribution in [3.63, 3.8) is 0 Å². The molecule has 0 saturated carbocycles. The minimum absolute atomic E-state index is 0.505. The zero-order valence-electron chi connectivity index (χ0n) is 8.28. The molecule has 0 amide bonds. The Hall–Kier alpha value is -0.930. The Morgan fingerprint density at radius 1 is 1.50 bits per heavy atom. The molecule has 3 nitrogen and oxygen atoms in total. The molecule has 14 heavy (non-hydrogen) atoms. The van der Waals surface area contributed by atoms with E-state index in [0.717, 1.165) is 25.5 Å². The van der Waals surface area contributed by atoms with Crippen molar-refractivity contribution in [1.29, 1.82) is 0 Å². The van der Waals surface area contributed by atoms with Crippen LogP contribution >= 0.6 is 0 Å². The Morgan fingerprint density at radius 2 is 2.50 bits per heavy atom. The van der Waals surface area contributed by atoms with Crippen LogP contribution in [0, 0.1) is 0 Å². The van der Waals surface area contributed by atoms with Gasteiger partial charge in [0, 0.05) is 25.4 Å². The van der Waals surface area contributed by atoms with Gasteiger partial charge in [0.2, 0.25) is 0 Å². The first-order valence-corrected chi connectivity index (χ1v) is 5.16. The van der Waals surface area contributed by atoms with Gasteiger partial charge in [-0.25, -0.2) is 0 Å². The van der Waals surface area contributed by atoms with Crippen LogP contribution in [-0.2, 0) is 11.3 Å². The van der Waals surface area contributed by atoms with Crippen molar-refractivity contribution in [2.24, 2.45) is 0 Å². The lowest BCUT2D eigenvalue weighted by Gasteiger charge is -2.22. The van der Waals surface area contributed by atoms with Crippen molar-refractivity contribution in [2.45, 2.75) is 25.4 Å². The molecule has 0 bridgehead atoms. The molecule has 1 aliphatic heterocycles. The summed E-state index contributed by atoms with van der Waals surface area (Å²) in [5.41, 5.74) is 1.10.